The Morgan fingerprint density at radius 1 is 1.35 bits per heavy atom. The summed E-state index contributed by atoms with van der Waals surface area (Å²) in [5.41, 5.74) is 1.76. The van der Waals surface area contributed by atoms with Gasteiger partial charge in [-0.1, -0.05) is 11.8 Å². The van der Waals surface area contributed by atoms with E-state index >= 15 is 0 Å². The van der Waals surface area contributed by atoms with Crippen molar-refractivity contribution in [2.75, 3.05) is 11.5 Å². The third-order valence-corrected chi connectivity index (χ3v) is 6.22. The number of fused-ring (bicyclic) bond motifs is 1. The summed E-state index contributed by atoms with van der Waals surface area (Å²) in [5, 5.41) is 14.1. The second-order valence-corrected chi connectivity index (χ2v) is 8.31. The topological polar surface area (TPSA) is 97.5 Å². The van der Waals surface area contributed by atoms with Crippen LogP contribution in [0, 0.1) is 13.8 Å². The van der Waals surface area contributed by atoms with Gasteiger partial charge >= 0.3 is 0 Å². The van der Waals surface area contributed by atoms with Crippen molar-refractivity contribution in [3.63, 3.8) is 0 Å². The van der Waals surface area contributed by atoms with Gasteiger partial charge in [-0.2, -0.15) is 4.98 Å². The first-order valence-corrected chi connectivity index (χ1v) is 8.80. The molecule has 3 heterocycles. The lowest BCUT2D eigenvalue weighted by molar-refractivity contribution is 0.207. The van der Waals surface area contributed by atoms with Crippen LogP contribution in [0.25, 0.3) is 5.78 Å². The van der Waals surface area contributed by atoms with Crippen molar-refractivity contribution in [3.8, 4) is 0 Å². The molecular formula is C11H14N4O3S2. The smallest absolute Gasteiger partial charge is 0.253 e. The van der Waals surface area contributed by atoms with Gasteiger partial charge in [0, 0.05) is 11.4 Å². The highest BCUT2D eigenvalue weighted by Gasteiger charge is 2.37. The number of aromatic nitrogens is 4. The number of hydrogen-bond donors (Lipinski definition) is 1. The summed E-state index contributed by atoms with van der Waals surface area (Å²) < 4.78 is 24.6. The molecular weight excluding hydrogens is 300 g/mol. The maximum absolute atomic E-state index is 11.5. The van der Waals surface area contributed by atoms with Gasteiger partial charge in [0.25, 0.3) is 5.78 Å². The molecule has 1 N–H and O–H groups in total. The zero-order valence-corrected chi connectivity index (χ0v) is 12.6. The first kappa shape index (κ1) is 13.8. The largest absolute Gasteiger partial charge is 0.391 e. The zero-order chi connectivity index (χ0) is 14.5. The van der Waals surface area contributed by atoms with Gasteiger partial charge in [-0.15, -0.1) is 5.10 Å². The highest BCUT2D eigenvalue weighted by atomic mass is 32.2. The minimum absolute atomic E-state index is 0.0418. The summed E-state index contributed by atoms with van der Waals surface area (Å²) >= 11 is 1.19. The predicted molar refractivity (Wildman–Crippen MR) is 74.6 cm³/mol. The monoisotopic (exact) mass is 314 g/mol. The van der Waals surface area contributed by atoms with Crippen LogP contribution in [0.15, 0.2) is 11.2 Å². The molecule has 0 aliphatic carbocycles. The van der Waals surface area contributed by atoms with Crippen LogP contribution < -0.4 is 0 Å². The van der Waals surface area contributed by atoms with Crippen LogP contribution in [-0.2, 0) is 9.84 Å². The molecule has 1 fully saturated rings. The van der Waals surface area contributed by atoms with Gasteiger partial charge in [-0.25, -0.2) is 17.9 Å². The maximum Gasteiger partial charge on any atom is 0.253 e. The van der Waals surface area contributed by atoms with Crippen LogP contribution >= 0.6 is 11.8 Å². The fourth-order valence-corrected chi connectivity index (χ4v) is 5.66. The summed E-state index contributed by atoms with van der Waals surface area (Å²) in [5.74, 6) is 0.259. The van der Waals surface area contributed by atoms with E-state index in [2.05, 4.69) is 15.1 Å². The molecule has 20 heavy (non-hydrogen) atoms. The van der Waals surface area contributed by atoms with Crippen molar-refractivity contribution in [2.24, 2.45) is 0 Å². The molecule has 0 aromatic carbocycles. The van der Waals surface area contributed by atoms with Crippen LogP contribution in [-0.4, -0.2) is 56.0 Å². The summed E-state index contributed by atoms with van der Waals surface area (Å²) in [6, 6.07) is 1.89. The Balaban J connectivity index is 1.90. The van der Waals surface area contributed by atoms with Gasteiger partial charge in [0.05, 0.1) is 22.9 Å². The lowest BCUT2D eigenvalue weighted by atomic mass is 10.3. The molecule has 1 aliphatic heterocycles. The molecule has 1 aliphatic rings. The molecule has 2 aromatic heterocycles. The second-order valence-electron chi connectivity index (χ2n) is 4.95. The Kier molecular flexibility index (Phi) is 3.22. The van der Waals surface area contributed by atoms with E-state index in [1.165, 1.54) is 11.8 Å². The molecule has 0 unspecified atom stereocenters. The van der Waals surface area contributed by atoms with Crippen molar-refractivity contribution in [1.29, 1.82) is 0 Å². The number of thioether (sulfide) groups is 1. The number of rotatable bonds is 2. The van der Waals surface area contributed by atoms with E-state index in [9.17, 15) is 13.5 Å². The number of nitrogens with zero attached hydrogens (tertiary/aromatic N) is 4. The van der Waals surface area contributed by atoms with Crippen molar-refractivity contribution in [3.05, 3.63) is 17.5 Å². The van der Waals surface area contributed by atoms with Gasteiger partial charge in [0.1, 0.15) is 0 Å². The zero-order valence-electron chi connectivity index (χ0n) is 11.0. The van der Waals surface area contributed by atoms with Crippen molar-refractivity contribution >= 4 is 27.4 Å². The van der Waals surface area contributed by atoms with E-state index in [1.807, 2.05) is 19.9 Å². The summed E-state index contributed by atoms with van der Waals surface area (Å²) in [7, 11) is -3.16. The SMILES string of the molecule is Cc1cc(C)n2nc(S[C@@H]3CS(=O)(=O)C[C@H]3O)nc2n1. The maximum atomic E-state index is 11.5. The Labute approximate surface area is 120 Å². The number of sulfone groups is 1. The molecule has 3 rings (SSSR count). The number of aryl methyl sites for hydroxylation is 2. The van der Waals surface area contributed by atoms with Gasteiger partial charge < -0.3 is 5.11 Å². The highest BCUT2D eigenvalue weighted by molar-refractivity contribution is 8.01. The molecule has 2 aromatic rings. The average molecular weight is 314 g/mol. The van der Waals surface area contributed by atoms with Crippen LogP contribution in [0.1, 0.15) is 11.4 Å². The van der Waals surface area contributed by atoms with E-state index in [4.69, 9.17) is 0 Å². The van der Waals surface area contributed by atoms with Gasteiger partial charge in [-0.05, 0) is 19.9 Å². The van der Waals surface area contributed by atoms with Gasteiger partial charge in [0.2, 0.25) is 5.16 Å². The average Bonchev–Trinajstić information content (AvgIpc) is 2.80. The number of hydrogen-bond acceptors (Lipinski definition) is 7. The van der Waals surface area contributed by atoms with Gasteiger partial charge in [0.15, 0.2) is 9.84 Å². The van der Waals surface area contributed by atoms with Gasteiger partial charge in [-0.3, -0.25) is 0 Å². The molecule has 108 valence electrons. The first-order chi connectivity index (χ1) is 9.34. The molecule has 9 heteroatoms. The fraction of sp³-hybridized carbons (Fsp3) is 0.545. The molecule has 0 bridgehead atoms. The quantitative estimate of drug-likeness (QED) is 0.832. The molecule has 0 saturated carbocycles. The first-order valence-electron chi connectivity index (χ1n) is 6.10. The molecule has 1 saturated heterocycles. The minimum Gasteiger partial charge on any atom is -0.391 e. The number of aliphatic hydroxyl groups excluding tert-OH is 1. The summed E-state index contributed by atoms with van der Waals surface area (Å²) in [4.78, 5) is 8.55. The van der Waals surface area contributed by atoms with Crippen molar-refractivity contribution in [2.45, 2.75) is 30.4 Å². The fourth-order valence-electron chi connectivity index (χ4n) is 2.24. The Bertz CT molecular complexity index is 771. The van der Waals surface area contributed by atoms with E-state index in [1.54, 1.807) is 4.52 Å². The second kappa shape index (κ2) is 4.68. The van der Waals surface area contributed by atoms with Crippen LogP contribution in [0.5, 0.6) is 0 Å². The lowest BCUT2D eigenvalue weighted by Crippen LogP contribution is -2.20. The standard InChI is InChI=1S/C11H14N4O3S2/c1-6-3-7(2)15-10(12-6)13-11(14-15)19-9-5-20(17,18)4-8(9)16/h3,8-9,16H,4-5H2,1-2H3/t8-,9-/m1/s1. The van der Waals surface area contributed by atoms with E-state index in [0.29, 0.717) is 10.9 Å². The Hall–Kier alpha value is -1.19. The van der Waals surface area contributed by atoms with Crippen molar-refractivity contribution in [1.82, 2.24) is 19.6 Å². The molecule has 2 atom stereocenters. The van der Waals surface area contributed by atoms with Crippen molar-refractivity contribution < 1.29 is 13.5 Å². The highest BCUT2D eigenvalue weighted by Crippen LogP contribution is 2.29. The minimum atomic E-state index is -3.16. The number of aliphatic hydroxyl groups is 1. The van der Waals surface area contributed by atoms with E-state index in [-0.39, 0.29) is 11.5 Å². The molecule has 0 radical (unpaired) electrons. The third kappa shape index (κ3) is 2.52. The van der Waals surface area contributed by atoms with Crippen LogP contribution in [0.4, 0.5) is 0 Å². The Morgan fingerprint density at radius 2 is 2.10 bits per heavy atom. The molecule has 0 amide bonds. The summed E-state index contributed by atoms with van der Waals surface area (Å²) in [6.07, 6.45) is -0.868. The van der Waals surface area contributed by atoms with E-state index < -0.39 is 21.2 Å². The lowest BCUT2D eigenvalue weighted by Gasteiger charge is -2.08. The molecule has 0 spiro atoms. The van der Waals surface area contributed by atoms with Crippen LogP contribution in [0.2, 0.25) is 0 Å². The van der Waals surface area contributed by atoms with Crippen LogP contribution in [0.3, 0.4) is 0 Å². The normalized spacial score (nSPS) is 25.4. The summed E-state index contributed by atoms with van der Waals surface area (Å²) in [6.45, 7) is 3.78. The van der Waals surface area contributed by atoms with E-state index in [0.717, 1.165) is 11.4 Å². The third-order valence-electron chi connectivity index (χ3n) is 3.13. The Morgan fingerprint density at radius 3 is 2.75 bits per heavy atom. The predicted octanol–water partition coefficient (Wildman–Crippen LogP) is -0.00886. The molecule has 7 nitrogen and oxygen atoms in total.